The highest BCUT2D eigenvalue weighted by Crippen LogP contribution is 2.41. The van der Waals surface area contributed by atoms with Gasteiger partial charge < -0.3 is 9.47 Å². The van der Waals surface area contributed by atoms with E-state index in [-0.39, 0.29) is 11.3 Å². The van der Waals surface area contributed by atoms with E-state index < -0.39 is 0 Å². The van der Waals surface area contributed by atoms with Crippen molar-refractivity contribution in [3.05, 3.63) is 0 Å². The van der Waals surface area contributed by atoms with Crippen molar-refractivity contribution in [2.45, 2.75) is 55.9 Å². The summed E-state index contributed by atoms with van der Waals surface area (Å²) in [7, 11) is 0. The minimum absolute atomic E-state index is 0.318. The van der Waals surface area contributed by atoms with Crippen molar-refractivity contribution >= 4 is 0 Å². The number of ether oxygens (including phenoxy) is 2. The molecule has 0 aromatic carbocycles. The van der Waals surface area contributed by atoms with E-state index in [0.29, 0.717) is 19.3 Å². The molecule has 3 rings (SSSR count). The molecule has 0 bridgehead atoms. The van der Waals surface area contributed by atoms with E-state index in [1.807, 2.05) is 0 Å². The maximum atomic E-state index is 9.36. The summed E-state index contributed by atoms with van der Waals surface area (Å²) >= 11 is 0. The molecule has 2 aliphatic carbocycles. The van der Waals surface area contributed by atoms with Gasteiger partial charge in [0.05, 0.1) is 19.3 Å². The molecule has 0 aromatic rings. The summed E-state index contributed by atoms with van der Waals surface area (Å²) in [6, 6.07) is 3.06. The van der Waals surface area contributed by atoms with Crippen molar-refractivity contribution in [1.82, 2.24) is 5.32 Å². The molecule has 0 aromatic heterocycles. The molecule has 88 valence electrons. The first kappa shape index (κ1) is 10.5. The largest absolute Gasteiger partial charge is 0.348 e. The van der Waals surface area contributed by atoms with Crippen LogP contribution < -0.4 is 5.32 Å². The van der Waals surface area contributed by atoms with E-state index in [9.17, 15) is 5.26 Å². The van der Waals surface area contributed by atoms with Crippen molar-refractivity contribution in [2.24, 2.45) is 0 Å². The van der Waals surface area contributed by atoms with E-state index in [4.69, 9.17) is 9.47 Å². The number of hydrogen-bond donors (Lipinski definition) is 1. The van der Waals surface area contributed by atoms with Gasteiger partial charge in [-0.05, 0) is 25.7 Å². The topological polar surface area (TPSA) is 54.3 Å². The number of nitrogens with one attached hydrogen (secondary N) is 1. The number of nitrogens with zero attached hydrogens (tertiary/aromatic N) is 1. The minimum atomic E-state index is -0.356. The highest BCUT2D eigenvalue weighted by molar-refractivity contribution is 5.13. The van der Waals surface area contributed by atoms with Gasteiger partial charge in [-0.2, -0.15) is 5.26 Å². The van der Waals surface area contributed by atoms with Gasteiger partial charge in [-0.3, -0.25) is 5.32 Å². The molecule has 0 amide bonds. The lowest BCUT2D eigenvalue weighted by molar-refractivity contribution is -0.183. The summed E-state index contributed by atoms with van der Waals surface area (Å²) in [5.74, 6) is -0.356. The van der Waals surface area contributed by atoms with Crippen LogP contribution in [0.2, 0.25) is 0 Å². The van der Waals surface area contributed by atoms with Crippen LogP contribution >= 0.6 is 0 Å². The number of hydrogen-bond acceptors (Lipinski definition) is 4. The zero-order chi connectivity index (χ0) is 11.1. The molecule has 0 unspecified atom stereocenters. The Morgan fingerprint density at radius 2 is 1.69 bits per heavy atom. The first-order chi connectivity index (χ1) is 7.76. The predicted molar refractivity (Wildman–Crippen MR) is 57.6 cm³/mol. The highest BCUT2D eigenvalue weighted by atomic mass is 16.7. The second-order valence-electron chi connectivity index (χ2n) is 5.22. The standard InChI is InChI=1S/C12H18N2O2/c13-9-11(14-10-1-2-10)3-5-12(6-4-11)15-7-8-16-12/h10,14H,1-8H2. The third-order valence-corrected chi connectivity index (χ3v) is 3.95. The second kappa shape index (κ2) is 3.69. The molecule has 4 heteroatoms. The van der Waals surface area contributed by atoms with Gasteiger partial charge in [0.1, 0.15) is 5.54 Å². The lowest BCUT2D eigenvalue weighted by Gasteiger charge is -2.40. The monoisotopic (exact) mass is 222 g/mol. The van der Waals surface area contributed by atoms with Crippen molar-refractivity contribution < 1.29 is 9.47 Å². The van der Waals surface area contributed by atoms with Crippen LogP contribution in [-0.2, 0) is 9.47 Å². The number of rotatable bonds is 2. The highest BCUT2D eigenvalue weighted by Gasteiger charge is 2.47. The molecule has 4 nitrogen and oxygen atoms in total. The van der Waals surface area contributed by atoms with E-state index in [2.05, 4.69) is 11.4 Å². The van der Waals surface area contributed by atoms with E-state index in [0.717, 1.165) is 25.7 Å². The molecule has 16 heavy (non-hydrogen) atoms. The van der Waals surface area contributed by atoms with Crippen molar-refractivity contribution in [3.8, 4) is 6.07 Å². The third kappa shape index (κ3) is 1.84. The van der Waals surface area contributed by atoms with Crippen LogP contribution in [0.25, 0.3) is 0 Å². The quantitative estimate of drug-likeness (QED) is 0.765. The predicted octanol–water partition coefficient (Wildman–Crippen LogP) is 1.32. The maximum absolute atomic E-state index is 9.36. The first-order valence-electron chi connectivity index (χ1n) is 6.23. The zero-order valence-corrected chi connectivity index (χ0v) is 9.50. The normalized spacial score (nSPS) is 31.4. The van der Waals surface area contributed by atoms with Gasteiger partial charge in [0, 0.05) is 18.9 Å². The van der Waals surface area contributed by atoms with Crippen LogP contribution in [0.5, 0.6) is 0 Å². The average molecular weight is 222 g/mol. The molecule has 0 radical (unpaired) electrons. The van der Waals surface area contributed by atoms with E-state index >= 15 is 0 Å². The van der Waals surface area contributed by atoms with Gasteiger partial charge in [0.15, 0.2) is 5.79 Å². The summed E-state index contributed by atoms with van der Waals surface area (Å²) in [5, 5.41) is 12.8. The van der Waals surface area contributed by atoms with Crippen LogP contribution in [0, 0.1) is 11.3 Å². The molecule has 1 N–H and O–H groups in total. The van der Waals surface area contributed by atoms with Gasteiger partial charge in [-0.25, -0.2) is 0 Å². The van der Waals surface area contributed by atoms with Crippen LogP contribution in [0.1, 0.15) is 38.5 Å². The fraction of sp³-hybridized carbons (Fsp3) is 0.917. The van der Waals surface area contributed by atoms with Crippen molar-refractivity contribution in [1.29, 1.82) is 5.26 Å². The Labute approximate surface area is 95.9 Å². The van der Waals surface area contributed by atoms with Crippen LogP contribution in [0.4, 0.5) is 0 Å². The summed E-state index contributed by atoms with van der Waals surface area (Å²) in [4.78, 5) is 0. The Balaban J connectivity index is 1.64. The fourth-order valence-electron chi connectivity index (χ4n) is 2.75. The smallest absolute Gasteiger partial charge is 0.168 e. The molecular formula is C12H18N2O2. The zero-order valence-electron chi connectivity index (χ0n) is 9.50. The third-order valence-electron chi connectivity index (χ3n) is 3.95. The Bertz CT molecular complexity index is 303. The Kier molecular flexibility index (Phi) is 2.43. The summed E-state index contributed by atoms with van der Waals surface area (Å²) < 4.78 is 11.4. The van der Waals surface area contributed by atoms with Crippen molar-refractivity contribution in [2.75, 3.05) is 13.2 Å². The molecule has 1 heterocycles. The van der Waals surface area contributed by atoms with Gasteiger partial charge >= 0.3 is 0 Å². The Morgan fingerprint density at radius 3 is 2.19 bits per heavy atom. The summed E-state index contributed by atoms with van der Waals surface area (Å²) in [6.45, 7) is 1.41. The molecule has 1 aliphatic heterocycles. The molecule has 1 spiro atoms. The second-order valence-corrected chi connectivity index (χ2v) is 5.22. The average Bonchev–Trinajstić information content (AvgIpc) is 3.01. The molecule has 3 fully saturated rings. The molecule has 2 saturated carbocycles. The van der Waals surface area contributed by atoms with Crippen molar-refractivity contribution in [3.63, 3.8) is 0 Å². The lowest BCUT2D eigenvalue weighted by Crippen LogP contribution is -2.52. The minimum Gasteiger partial charge on any atom is -0.348 e. The fourth-order valence-corrected chi connectivity index (χ4v) is 2.75. The van der Waals surface area contributed by atoms with Crippen LogP contribution in [0.15, 0.2) is 0 Å². The molecule has 1 saturated heterocycles. The molecule has 0 atom stereocenters. The molecule has 3 aliphatic rings. The van der Waals surface area contributed by atoms with Crippen LogP contribution in [-0.4, -0.2) is 30.6 Å². The number of nitriles is 1. The lowest BCUT2D eigenvalue weighted by atomic mass is 9.79. The summed E-state index contributed by atoms with van der Waals surface area (Å²) in [5.41, 5.74) is -0.318. The SMILES string of the molecule is N#CC1(NC2CC2)CCC2(CC1)OCCO2. The van der Waals surface area contributed by atoms with Gasteiger partial charge in [0.2, 0.25) is 0 Å². The first-order valence-corrected chi connectivity index (χ1v) is 6.23. The van der Waals surface area contributed by atoms with Crippen LogP contribution in [0.3, 0.4) is 0 Å². The molecular weight excluding hydrogens is 204 g/mol. The van der Waals surface area contributed by atoms with Gasteiger partial charge in [-0.1, -0.05) is 0 Å². The summed E-state index contributed by atoms with van der Waals surface area (Å²) in [6.07, 6.45) is 5.84. The van der Waals surface area contributed by atoms with Gasteiger partial charge in [-0.15, -0.1) is 0 Å². The van der Waals surface area contributed by atoms with Gasteiger partial charge in [0.25, 0.3) is 0 Å². The van der Waals surface area contributed by atoms with E-state index in [1.165, 1.54) is 12.8 Å². The maximum Gasteiger partial charge on any atom is 0.168 e. The van der Waals surface area contributed by atoms with E-state index in [1.54, 1.807) is 0 Å². The Morgan fingerprint density at radius 1 is 1.06 bits per heavy atom. The Hall–Kier alpha value is -0.630.